The molecule has 0 atom stereocenters. The molecule has 0 radical (unpaired) electrons. The van der Waals surface area contributed by atoms with E-state index in [-0.39, 0.29) is 11.4 Å². The first-order chi connectivity index (χ1) is 7.49. The van der Waals surface area contributed by atoms with Crippen molar-refractivity contribution in [3.8, 4) is 5.95 Å². The number of aryl methyl sites for hydroxylation is 1. The Hall–Kier alpha value is -1.78. The van der Waals surface area contributed by atoms with E-state index < -0.39 is 6.16 Å². The van der Waals surface area contributed by atoms with Gasteiger partial charge in [-0.2, -0.15) is 0 Å². The van der Waals surface area contributed by atoms with Crippen LogP contribution in [0.3, 0.4) is 0 Å². The average molecular weight is 226 g/mol. The van der Waals surface area contributed by atoms with E-state index in [1.165, 1.54) is 6.26 Å². The normalized spacial score (nSPS) is 10.4. The summed E-state index contributed by atoms with van der Waals surface area (Å²) in [6.45, 7) is 4.12. The molecule has 1 rings (SSSR count). The Kier molecular flexibility index (Phi) is 4.10. The van der Waals surface area contributed by atoms with Crippen molar-refractivity contribution < 1.29 is 19.1 Å². The monoisotopic (exact) mass is 226 g/mol. The van der Waals surface area contributed by atoms with Crippen LogP contribution in [0.2, 0.25) is 0 Å². The highest BCUT2D eigenvalue weighted by Gasteiger charge is 2.08. The first-order valence-electron chi connectivity index (χ1n) is 5.01. The van der Waals surface area contributed by atoms with Gasteiger partial charge in [-0.15, -0.1) is 0 Å². The number of rotatable bonds is 4. The molecule has 0 aliphatic heterocycles. The lowest BCUT2D eigenvalue weighted by Gasteiger charge is -2.03. The summed E-state index contributed by atoms with van der Waals surface area (Å²) in [5.74, 6) is 0.195. The minimum Gasteiger partial charge on any atom is -0.449 e. The Labute approximate surface area is 92.7 Å². The van der Waals surface area contributed by atoms with Gasteiger partial charge in [0.25, 0.3) is 5.95 Å². The lowest BCUT2D eigenvalue weighted by molar-refractivity contribution is 0.131. The van der Waals surface area contributed by atoms with E-state index in [0.717, 1.165) is 12.5 Å². The fourth-order valence-corrected chi connectivity index (χ4v) is 1.19. The Bertz CT molecular complexity index is 419. The molecular weight excluding hydrogens is 212 g/mol. The Balaban J connectivity index is 2.75. The zero-order valence-electron chi connectivity index (χ0n) is 9.23. The van der Waals surface area contributed by atoms with E-state index in [1.807, 2.05) is 0 Å². The minimum atomic E-state index is -1.50. The van der Waals surface area contributed by atoms with Gasteiger partial charge >= 0.3 is 6.16 Å². The predicted octanol–water partition coefficient (Wildman–Crippen LogP) is 2.29. The summed E-state index contributed by atoms with van der Waals surface area (Å²) in [5.41, 5.74) is 0.273. The molecular formula is C11H14O5. The second-order valence-electron chi connectivity index (χ2n) is 3.89. The summed E-state index contributed by atoms with van der Waals surface area (Å²) in [7, 11) is 0. The van der Waals surface area contributed by atoms with Gasteiger partial charge < -0.3 is 14.3 Å². The first kappa shape index (κ1) is 12.3. The molecule has 1 aromatic heterocycles. The summed E-state index contributed by atoms with van der Waals surface area (Å²) < 4.78 is 9.10. The van der Waals surface area contributed by atoms with Crippen molar-refractivity contribution in [2.24, 2.45) is 5.92 Å². The highest BCUT2D eigenvalue weighted by molar-refractivity contribution is 5.59. The molecule has 0 aliphatic rings. The van der Waals surface area contributed by atoms with E-state index in [2.05, 4.69) is 18.6 Å². The second-order valence-corrected chi connectivity index (χ2v) is 3.89. The summed E-state index contributed by atoms with van der Waals surface area (Å²) >= 11 is 0. The van der Waals surface area contributed by atoms with Crippen LogP contribution >= 0.6 is 0 Å². The van der Waals surface area contributed by atoms with Crippen LogP contribution in [0.25, 0.3) is 0 Å². The molecule has 0 fully saturated rings. The maximum Gasteiger partial charge on any atom is 0.513 e. The van der Waals surface area contributed by atoms with Crippen LogP contribution in [-0.2, 0) is 6.42 Å². The van der Waals surface area contributed by atoms with E-state index in [0.29, 0.717) is 17.9 Å². The van der Waals surface area contributed by atoms with E-state index in [1.54, 1.807) is 0 Å². The second kappa shape index (κ2) is 5.34. The largest absolute Gasteiger partial charge is 0.513 e. The summed E-state index contributed by atoms with van der Waals surface area (Å²) in [4.78, 5) is 21.7. The van der Waals surface area contributed by atoms with Crippen LogP contribution in [0.15, 0.2) is 21.5 Å². The quantitative estimate of drug-likeness (QED) is 0.797. The van der Waals surface area contributed by atoms with E-state index in [9.17, 15) is 9.59 Å². The van der Waals surface area contributed by atoms with Crippen LogP contribution < -0.4 is 10.2 Å². The standard InChI is InChI=1S/C11H14O5/c1-7(2)3-4-8-6-15-10(5-9(8)12)16-11(13)14/h5-7H,3-4H2,1-2H3,(H,13,14). The zero-order chi connectivity index (χ0) is 12.1. The molecule has 88 valence electrons. The molecule has 0 saturated carbocycles. The van der Waals surface area contributed by atoms with Crippen molar-refractivity contribution in [3.63, 3.8) is 0 Å². The van der Waals surface area contributed by atoms with Crippen LogP contribution in [0.5, 0.6) is 5.95 Å². The number of carboxylic acid groups (broad SMARTS) is 1. The fraction of sp³-hybridized carbons (Fsp3) is 0.455. The summed E-state index contributed by atoms with van der Waals surface area (Å²) in [5, 5.41) is 8.32. The minimum absolute atomic E-state index is 0.261. The first-order valence-corrected chi connectivity index (χ1v) is 5.01. The van der Waals surface area contributed by atoms with E-state index in [4.69, 9.17) is 9.52 Å². The summed E-state index contributed by atoms with van der Waals surface area (Å²) in [6, 6.07) is 1.05. The Morgan fingerprint density at radius 1 is 1.56 bits per heavy atom. The van der Waals surface area contributed by atoms with Crippen molar-refractivity contribution in [2.75, 3.05) is 0 Å². The number of carbonyl (C=O) groups is 1. The van der Waals surface area contributed by atoms with Crippen LogP contribution in [0.4, 0.5) is 4.79 Å². The van der Waals surface area contributed by atoms with Crippen LogP contribution in [-0.4, -0.2) is 11.3 Å². The predicted molar refractivity (Wildman–Crippen MR) is 56.8 cm³/mol. The molecule has 1 N–H and O–H groups in total. The van der Waals surface area contributed by atoms with Gasteiger partial charge in [0.05, 0.1) is 6.07 Å². The summed E-state index contributed by atoms with van der Waals surface area (Å²) in [6.07, 6.45) is 1.25. The molecule has 16 heavy (non-hydrogen) atoms. The molecule has 0 aliphatic carbocycles. The third-order valence-corrected chi connectivity index (χ3v) is 2.06. The van der Waals surface area contributed by atoms with Gasteiger partial charge in [-0.1, -0.05) is 13.8 Å². The molecule has 0 spiro atoms. The van der Waals surface area contributed by atoms with Gasteiger partial charge in [-0.25, -0.2) is 4.79 Å². The molecule has 5 nitrogen and oxygen atoms in total. The van der Waals surface area contributed by atoms with Gasteiger partial charge in [0.15, 0.2) is 5.43 Å². The third kappa shape index (κ3) is 3.76. The Morgan fingerprint density at radius 2 is 2.25 bits per heavy atom. The van der Waals surface area contributed by atoms with E-state index >= 15 is 0 Å². The topological polar surface area (TPSA) is 76.7 Å². The maximum atomic E-state index is 11.5. The van der Waals surface area contributed by atoms with Gasteiger partial charge in [0, 0.05) is 5.56 Å². The maximum absolute atomic E-state index is 11.5. The van der Waals surface area contributed by atoms with Crippen LogP contribution in [0, 0.1) is 5.92 Å². The molecule has 0 aromatic carbocycles. The number of ether oxygens (including phenoxy) is 1. The lowest BCUT2D eigenvalue weighted by atomic mass is 10.0. The average Bonchev–Trinajstić information content (AvgIpc) is 2.15. The molecule has 0 amide bonds. The van der Waals surface area contributed by atoms with Crippen molar-refractivity contribution >= 4 is 6.16 Å². The smallest absolute Gasteiger partial charge is 0.449 e. The molecule has 0 saturated heterocycles. The lowest BCUT2D eigenvalue weighted by Crippen LogP contribution is -2.11. The number of hydrogen-bond donors (Lipinski definition) is 1. The highest BCUT2D eigenvalue weighted by Crippen LogP contribution is 2.11. The molecule has 0 bridgehead atoms. The van der Waals surface area contributed by atoms with Crippen molar-refractivity contribution in [1.29, 1.82) is 0 Å². The van der Waals surface area contributed by atoms with Gasteiger partial charge in [-0.05, 0) is 18.8 Å². The molecule has 1 heterocycles. The van der Waals surface area contributed by atoms with Gasteiger partial charge in [-0.3, -0.25) is 4.79 Å². The van der Waals surface area contributed by atoms with Crippen molar-refractivity contribution in [2.45, 2.75) is 26.7 Å². The number of hydrogen-bond acceptors (Lipinski definition) is 4. The van der Waals surface area contributed by atoms with Gasteiger partial charge in [0.2, 0.25) is 0 Å². The molecule has 1 aromatic rings. The highest BCUT2D eigenvalue weighted by atomic mass is 16.7. The zero-order valence-corrected chi connectivity index (χ0v) is 9.23. The SMILES string of the molecule is CC(C)CCc1coc(OC(=O)O)cc1=O. The van der Waals surface area contributed by atoms with Crippen molar-refractivity contribution in [1.82, 2.24) is 0 Å². The fourth-order valence-electron chi connectivity index (χ4n) is 1.19. The van der Waals surface area contributed by atoms with Crippen LogP contribution in [0.1, 0.15) is 25.8 Å². The molecule has 0 unspecified atom stereocenters. The Morgan fingerprint density at radius 3 is 2.75 bits per heavy atom. The molecule has 5 heteroatoms. The van der Waals surface area contributed by atoms with Crippen molar-refractivity contribution in [3.05, 3.63) is 28.1 Å². The van der Waals surface area contributed by atoms with Gasteiger partial charge in [0.1, 0.15) is 6.26 Å². The third-order valence-electron chi connectivity index (χ3n) is 2.06.